The second-order valence-electron chi connectivity index (χ2n) is 10.1. The molecular formula is C23H29F3N10O. The summed E-state index contributed by atoms with van der Waals surface area (Å²) in [6.45, 7) is 8.52. The summed E-state index contributed by atoms with van der Waals surface area (Å²) in [5, 5.41) is 14.4. The molecular weight excluding hydrogens is 489 g/mol. The zero-order valence-electron chi connectivity index (χ0n) is 21.0. The van der Waals surface area contributed by atoms with Crippen LogP contribution >= 0.6 is 0 Å². The predicted octanol–water partition coefficient (Wildman–Crippen LogP) is 2.97. The van der Waals surface area contributed by atoms with E-state index in [-0.39, 0.29) is 35.4 Å². The predicted molar refractivity (Wildman–Crippen MR) is 131 cm³/mol. The first-order valence-corrected chi connectivity index (χ1v) is 11.9. The van der Waals surface area contributed by atoms with Crippen LogP contribution in [-0.4, -0.2) is 79.1 Å². The second-order valence-corrected chi connectivity index (χ2v) is 10.1. The maximum Gasteiger partial charge on any atom is 0.435 e. The number of anilines is 2. The summed E-state index contributed by atoms with van der Waals surface area (Å²) in [5.74, 6) is 1.34. The minimum atomic E-state index is -4.62. The number of nitrogens with one attached hydrogen (secondary N) is 2. The lowest BCUT2D eigenvalue weighted by Gasteiger charge is -2.37. The van der Waals surface area contributed by atoms with Crippen molar-refractivity contribution in [3.8, 4) is 0 Å². The van der Waals surface area contributed by atoms with E-state index in [1.807, 2.05) is 19.3 Å². The largest absolute Gasteiger partial charge is 0.435 e. The Labute approximate surface area is 211 Å². The Morgan fingerprint density at radius 2 is 1.92 bits per heavy atom. The molecule has 5 heterocycles. The van der Waals surface area contributed by atoms with Gasteiger partial charge in [0.2, 0.25) is 5.95 Å². The molecule has 2 aliphatic heterocycles. The van der Waals surface area contributed by atoms with Crippen LogP contribution in [0.2, 0.25) is 0 Å². The number of fused-ring (bicyclic) bond motifs is 1. The van der Waals surface area contributed by atoms with Crippen molar-refractivity contribution >= 4 is 23.0 Å². The van der Waals surface area contributed by atoms with Crippen LogP contribution in [0.5, 0.6) is 0 Å². The van der Waals surface area contributed by atoms with Gasteiger partial charge in [0.25, 0.3) is 0 Å². The molecule has 0 radical (unpaired) electrons. The highest BCUT2D eigenvalue weighted by Gasteiger charge is 2.36. The number of allylic oxidation sites excluding steroid dienone is 2. The quantitative estimate of drug-likeness (QED) is 0.526. The Morgan fingerprint density at radius 3 is 2.59 bits per heavy atom. The van der Waals surface area contributed by atoms with Crippen LogP contribution in [0.3, 0.4) is 0 Å². The zero-order chi connectivity index (χ0) is 26.4. The smallest absolute Gasteiger partial charge is 0.378 e. The summed E-state index contributed by atoms with van der Waals surface area (Å²) in [6, 6.07) is 0.244. The van der Waals surface area contributed by atoms with E-state index in [9.17, 15) is 13.2 Å². The number of morpholine rings is 1. The van der Waals surface area contributed by atoms with Crippen LogP contribution in [0, 0.1) is 5.41 Å². The molecule has 0 aromatic carbocycles. The first kappa shape index (κ1) is 25.0. The monoisotopic (exact) mass is 518 g/mol. The standard InChI is InChI=1S/C23H29F3N10O/c1-22(2,3)15-6-5-14(13-34(15)4)18-29-17(31-32-18)12-27-19-20-28-11-16(23(24,25)26)36(20)33-21(30-19)35-7-9-37-10-8-35/h5-6,11,13,15H,7-10,12H2,1-4H3,(H,27,30,33)(H,29,31,32). The molecule has 0 spiro atoms. The molecule has 198 valence electrons. The number of H-pyrrole nitrogens is 1. The molecule has 2 N–H and O–H groups in total. The number of imidazole rings is 1. The third-order valence-corrected chi connectivity index (χ3v) is 6.28. The van der Waals surface area contributed by atoms with Gasteiger partial charge in [0.1, 0.15) is 5.82 Å². The van der Waals surface area contributed by atoms with Crippen molar-refractivity contribution in [1.82, 2.24) is 39.7 Å². The van der Waals surface area contributed by atoms with Gasteiger partial charge in [0.15, 0.2) is 23.0 Å². The third-order valence-electron chi connectivity index (χ3n) is 6.28. The first-order chi connectivity index (χ1) is 17.5. The van der Waals surface area contributed by atoms with Crippen molar-refractivity contribution in [3.05, 3.63) is 41.9 Å². The average molecular weight is 519 g/mol. The van der Waals surface area contributed by atoms with Crippen LogP contribution in [0.15, 0.2) is 24.5 Å². The van der Waals surface area contributed by atoms with Crippen molar-refractivity contribution in [2.75, 3.05) is 43.6 Å². The Bertz CT molecular complexity index is 1330. The third kappa shape index (κ3) is 5.10. The Balaban J connectivity index is 1.38. The van der Waals surface area contributed by atoms with Gasteiger partial charge in [-0.3, -0.25) is 5.10 Å². The lowest BCUT2D eigenvalue weighted by Crippen LogP contribution is -2.38. The van der Waals surface area contributed by atoms with Crippen molar-refractivity contribution < 1.29 is 17.9 Å². The number of likely N-dealkylation sites (N-methyl/N-ethyl adjacent to an activating group) is 1. The molecule has 0 bridgehead atoms. The summed E-state index contributed by atoms with van der Waals surface area (Å²) in [7, 11) is 2.01. The number of rotatable bonds is 5. The van der Waals surface area contributed by atoms with E-state index < -0.39 is 11.9 Å². The van der Waals surface area contributed by atoms with Gasteiger partial charge in [-0.2, -0.15) is 23.3 Å². The summed E-state index contributed by atoms with van der Waals surface area (Å²) < 4.78 is 46.9. The second kappa shape index (κ2) is 9.32. The molecule has 0 aliphatic carbocycles. The van der Waals surface area contributed by atoms with E-state index in [4.69, 9.17) is 4.74 Å². The molecule has 14 heteroatoms. The summed E-state index contributed by atoms with van der Waals surface area (Å²) in [6.07, 6.45) is 2.27. The molecule has 1 unspecified atom stereocenters. The molecule has 1 atom stereocenters. The number of hydrogen-bond donors (Lipinski definition) is 2. The van der Waals surface area contributed by atoms with Crippen molar-refractivity contribution in [2.45, 2.75) is 39.5 Å². The molecule has 37 heavy (non-hydrogen) atoms. The van der Waals surface area contributed by atoms with E-state index in [1.54, 1.807) is 4.90 Å². The molecule has 1 fully saturated rings. The summed E-state index contributed by atoms with van der Waals surface area (Å²) in [4.78, 5) is 16.9. The molecule has 0 saturated carbocycles. The van der Waals surface area contributed by atoms with Gasteiger partial charge in [-0.25, -0.2) is 14.5 Å². The van der Waals surface area contributed by atoms with Gasteiger partial charge in [-0.15, -0.1) is 5.10 Å². The highest BCUT2D eigenvalue weighted by Crippen LogP contribution is 2.32. The molecule has 3 aromatic rings. The van der Waals surface area contributed by atoms with Gasteiger partial charge >= 0.3 is 6.18 Å². The van der Waals surface area contributed by atoms with Crippen LogP contribution < -0.4 is 10.2 Å². The maximum absolute atomic E-state index is 13.6. The van der Waals surface area contributed by atoms with Gasteiger partial charge in [-0.1, -0.05) is 32.9 Å². The van der Waals surface area contributed by atoms with Crippen molar-refractivity contribution in [2.24, 2.45) is 5.41 Å². The lowest BCUT2D eigenvalue weighted by atomic mass is 9.84. The van der Waals surface area contributed by atoms with Gasteiger partial charge in [-0.05, 0) is 5.41 Å². The van der Waals surface area contributed by atoms with Crippen LogP contribution in [-0.2, 0) is 17.5 Å². The molecule has 11 nitrogen and oxygen atoms in total. The van der Waals surface area contributed by atoms with E-state index in [1.165, 1.54) is 0 Å². The van der Waals surface area contributed by atoms with E-state index in [2.05, 4.69) is 67.3 Å². The molecule has 5 rings (SSSR count). The molecule has 0 amide bonds. The van der Waals surface area contributed by atoms with E-state index >= 15 is 0 Å². The lowest BCUT2D eigenvalue weighted by molar-refractivity contribution is -0.142. The van der Waals surface area contributed by atoms with Crippen LogP contribution in [0.1, 0.15) is 38.1 Å². The SMILES string of the molecule is CN1C=C(c2n[nH]c(CNc3nc(N4CCOCC4)nn4c(C(F)(F)F)cnc34)n2)C=CC1C(C)(C)C. The molecule has 2 aliphatic rings. The van der Waals surface area contributed by atoms with Crippen LogP contribution in [0.4, 0.5) is 24.9 Å². The number of aromatic amines is 1. The molecule has 3 aromatic heterocycles. The first-order valence-electron chi connectivity index (χ1n) is 11.9. The number of aromatic nitrogens is 7. The zero-order valence-corrected chi connectivity index (χ0v) is 21.0. The Kier molecular flexibility index (Phi) is 6.30. The molecule has 1 saturated heterocycles. The van der Waals surface area contributed by atoms with Crippen LogP contribution in [0.25, 0.3) is 11.2 Å². The topological polar surface area (TPSA) is 112 Å². The number of ether oxygens (including phenoxy) is 1. The normalized spacial score (nSPS) is 19.0. The van der Waals surface area contributed by atoms with E-state index in [0.29, 0.717) is 38.0 Å². The average Bonchev–Trinajstić information content (AvgIpc) is 3.49. The fourth-order valence-electron chi connectivity index (χ4n) is 4.46. The summed E-state index contributed by atoms with van der Waals surface area (Å²) >= 11 is 0. The minimum absolute atomic E-state index is 0.0307. The fourth-order valence-corrected chi connectivity index (χ4v) is 4.46. The highest BCUT2D eigenvalue weighted by atomic mass is 19.4. The maximum atomic E-state index is 13.6. The Morgan fingerprint density at radius 1 is 1.16 bits per heavy atom. The highest BCUT2D eigenvalue weighted by molar-refractivity contribution is 5.70. The number of alkyl halides is 3. The van der Waals surface area contributed by atoms with E-state index in [0.717, 1.165) is 16.3 Å². The van der Waals surface area contributed by atoms with Gasteiger partial charge in [0, 0.05) is 31.9 Å². The number of halogens is 3. The van der Waals surface area contributed by atoms with Crippen molar-refractivity contribution in [3.63, 3.8) is 0 Å². The Hall–Kier alpha value is -3.68. The number of nitrogens with zero attached hydrogens (tertiary/aromatic N) is 8. The van der Waals surface area contributed by atoms with Gasteiger partial charge < -0.3 is 19.9 Å². The minimum Gasteiger partial charge on any atom is -0.378 e. The van der Waals surface area contributed by atoms with Crippen molar-refractivity contribution in [1.29, 1.82) is 0 Å². The number of hydrogen-bond acceptors (Lipinski definition) is 9. The van der Waals surface area contributed by atoms with Gasteiger partial charge in [0.05, 0.1) is 32.0 Å². The summed E-state index contributed by atoms with van der Waals surface area (Å²) in [5.41, 5.74) is -0.0778. The fraction of sp³-hybridized carbons (Fsp3) is 0.522.